The highest BCUT2D eigenvalue weighted by Crippen LogP contribution is 2.27. The van der Waals surface area contributed by atoms with Crippen molar-refractivity contribution in [2.24, 2.45) is 5.10 Å². The average Bonchev–Trinajstić information content (AvgIpc) is 3.27. The van der Waals surface area contributed by atoms with E-state index in [4.69, 9.17) is 21.3 Å². The van der Waals surface area contributed by atoms with Crippen LogP contribution < -0.4 is 10.2 Å². The molecule has 7 heteroatoms. The van der Waals surface area contributed by atoms with E-state index in [1.807, 2.05) is 73.7 Å². The monoisotopic (exact) mass is 477 g/mol. The van der Waals surface area contributed by atoms with Crippen molar-refractivity contribution in [2.75, 3.05) is 6.61 Å². The van der Waals surface area contributed by atoms with Gasteiger partial charge in [-0.1, -0.05) is 43.1 Å². The van der Waals surface area contributed by atoms with Crippen LogP contribution in [0.3, 0.4) is 0 Å². The van der Waals surface area contributed by atoms with Crippen molar-refractivity contribution in [3.63, 3.8) is 0 Å². The van der Waals surface area contributed by atoms with E-state index in [0.29, 0.717) is 22.2 Å². The summed E-state index contributed by atoms with van der Waals surface area (Å²) in [5, 5.41) is 5.22. The lowest BCUT2D eigenvalue weighted by atomic mass is 10.0. The minimum atomic E-state index is -0.281. The molecular formula is C26H24ClN3O2S. The maximum Gasteiger partial charge on any atom is 0.272 e. The molecule has 5 nitrogen and oxygen atoms in total. The summed E-state index contributed by atoms with van der Waals surface area (Å²) in [6.45, 7) is 4.63. The van der Waals surface area contributed by atoms with Crippen LogP contribution in [-0.2, 0) is 0 Å². The van der Waals surface area contributed by atoms with Gasteiger partial charge in [0.05, 0.1) is 38.3 Å². The standard InChI is InChI=1S/C26H24ClN3O2S/c1-3-7-22(24-14-15-25(27)33-24)29-30-26(31)20-16-23(28-21-9-6-5-8-19(20)21)17-10-12-18(13-11-17)32-4-2/h5-6,8-16H,3-4,7H2,1-2H3,(H,30,31). The van der Waals surface area contributed by atoms with E-state index in [1.54, 1.807) is 0 Å². The summed E-state index contributed by atoms with van der Waals surface area (Å²) in [7, 11) is 0. The highest BCUT2D eigenvalue weighted by atomic mass is 35.5. The number of pyridine rings is 1. The van der Waals surface area contributed by atoms with Gasteiger partial charge < -0.3 is 4.74 Å². The number of benzene rings is 2. The van der Waals surface area contributed by atoms with Gasteiger partial charge in [0.15, 0.2) is 0 Å². The Hall–Kier alpha value is -3.22. The summed E-state index contributed by atoms with van der Waals surface area (Å²) in [4.78, 5) is 19.0. The van der Waals surface area contributed by atoms with E-state index in [1.165, 1.54) is 11.3 Å². The van der Waals surface area contributed by atoms with Crippen LogP contribution in [0, 0.1) is 0 Å². The maximum absolute atomic E-state index is 13.2. The zero-order valence-corrected chi connectivity index (χ0v) is 20.0. The van der Waals surface area contributed by atoms with E-state index < -0.39 is 0 Å². The molecule has 0 radical (unpaired) electrons. The van der Waals surface area contributed by atoms with Crippen molar-refractivity contribution in [1.82, 2.24) is 10.4 Å². The first kappa shape index (κ1) is 23.0. The molecule has 4 aromatic rings. The van der Waals surface area contributed by atoms with Crippen molar-refractivity contribution >= 4 is 45.5 Å². The lowest BCUT2D eigenvalue weighted by Crippen LogP contribution is -2.20. The molecule has 0 spiro atoms. The third-order valence-corrected chi connectivity index (χ3v) is 6.34. The minimum Gasteiger partial charge on any atom is -0.494 e. The van der Waals surface area contributed by atoms with Gasteiger partial charge in [0.1, 0.15) is 5.75 Å². The highest BCUT2D eigenvalue weighted by Gasteiger charge is 2.15. The Morgan fingerprint density at radius 1 is 1.09 bits per heavy atom. The van der Waals surface area contributed by atoms with E-state index in [2.05, 4.69) is 17.5 Å². The van der Waals surface area contributed by atoms with E-state index in [-0.39, 0.29) is 5.91 Å². The highest BCUT2D eigenvalue weighted by molar-refractivity contribution is 7.18. The molecule has 1 amide bonds. The van der Waals surface area contributed by atoms with Gasteiger partial charge in [0.25, 0.3) is 5.91 Å². The third-order valence-electron chi connectivity index (χ3n) is 5.06. The number of carbonyl (C=O) groups is 1. The molecule has 0 unspecified atom stereocenters. The quantitative estimate of drug-likeness (QED) is 0.220. The van der Waals surface area contributed by atoms with Crippen LogP contribution in [0.25, 0.3) is 22.2 Å². The van der Waals surface area contributed by atoms with Crippen LogP contribution >= 0.6 is 22.9 Å². The van der Waals surface area contributed by atoms with Gasteiger partial charge in [-0.15, -0.1) is 11.3 Å². The average molecular weight is 478 g/mol. The minimum absolute atomic E-state index is 0.281. The largest absolute Gasteiger partial charge is 0.494 e. The fraction of sp³-hybridized carbons (Fsp3) is 0.192. The predicted molar refractivity (Wildman–Crippen MR) is 137 cm³/mol. The molecule has 0 aliphatic rings. The maximum atomic E-state index is 13.2. The first-order valence-corrected chi connectivity index (χ1v) is 12.0. The summed E-state index contributed by atoms with van der Waals surface area (Å²) in [5.41, 5.74) is 6.45. The van der Waals surface area contributed by atoms with Crippen LogP contribution in [0.1, 0.15) is 41.9 Å². The molecular weight excluding hydrogens is 454 g/mol. The van der Waals surface area contributed by atoms with Crippen molar-refractivity contribution in [3.05, 3.63) is 81.5 Å². The number of hydrogen-bond acceptors (Lipinski definition) is 5. The fourth-order valence-electron chi connectivity index (χ4n) is 3.52. The zero-order valence-electron chi connectivity index (χ0n) is 18.5. The Kier molecular flexibility index (Phi) is 7.37. The van der Waals surface area contributed by atoms with Gasteiger partial charge >= 0.3 is 0 Å². The molecule has 2 aromatic heterocycles. The molecule has 2 heterocycles. The lowest BCUT2D eigenvalue weighted by molar-refractivity contribution is 0.0956. The molecule has 0 saturated heterocycles. The Bertz CT molecular complexity index is 1300. The van der Waals surface area contributed by atoms with Crippen LogP contribution in [0.2, 0.25) is 4.34 Å². The summed E-state index contributed by atoms with van der Waals surface area (Å²) >= 11 is 7.55. The molecule has 2 aromatic carbocycles. The van der Waals surface area contributed by atoms with Gasteiger partial charge in [0.2, 0.25) is 0 Å². The molecule has 1 N–H and O–H groups in total. The Morgan fingerprint density at radius 2 is 1.88 bits per heavy atom. The SMILES string of the molecule is CCCC(=NNC(=O)c1cc(-c2ccc(OCC)cc2)nc2ccccc12)c1ccc(Cl)s1. The summed E-state index contributed by atoms with van der Waals surface area (Å²) in [6.07, 6.45) is 1.65. The van der Waals surface area contributed by atoms with Crippen LogP contribution in [0.5, 0.6) is 5.75 Å². The van der Waals surface area contributed by atoms with E-state index in [0.717, 1.165) is 45.6 Å². The molecule has 0 fully saturated rings. The van der Waals surface area contributed by atoms with Crippen molar-refractivity contribution in [3.8, 4) is 17.0 Å². The normalized spacial score (nSPS) is 11.5. The molecule has 0 aliphatic carbocycles. The number of nitrogens with one attached hydrogen (secondary N) is 1. The summed E-state index contributed by atoms with van der Waals surface area (Å²) in [5.74, 6) is 0.517. The number of hydrogen-bond donors (Lipinski definition) is 1. The Balaban J connectivity index is 1.69. The number of amides is 1. The molecule has 0 bridgehead atoms. The number of hydrazone groups is 1. The Morgan fingerprint density at radius 3 is 2.58 bits per heavy atom. The zero-order chi connectivity index (χ0) is 23.2. The molecule has 0 aliphatic heterocycles. The van der Waals surface area contributed by atoms with Gasteiger partial charge in [-0.2, -0.15) is 5.10 Å². The van der Waals surface area contributed by atoms with E-state index in [9.17, 15) is 4.79 Å². The number of rotatable bonds is 8. The number of ether oxygens (including phenoxy) is 1. The molecule has 0 saturated carbocycles. The van der Waals surface area contributed by atoms with Crippen molar-refractivity contribution < 1.29 is 9.53 Å². The van der Waals surface area contributed by atoms with Gasteiger partial charge in [-0.25, -0.2) is 10.4 Å². The second-order valence-electron chi connectivity index (χ2n) is 7.38. The van der Waals surface area contributed by atoms with E-state index >= 15 is 0 Å². The summed E-state index contributed by atoms with van der Waals surface area (Å²) < 4.78 is 6.23. The lowest BCUT2D eigenvalue weighted by Gasteiger charge is -2.10. The smallest absolute Gasteiger partial charge is 0.272 e. The van der Waals surface area contributed by atoms with Crippen LogP contribution in [0.4, 0.5) is 0 Å². The first-order valence-electron chi connectivity index (χ1n) is 10.8. The molecule has 168 valence electrons. The van der Waals surface area contributed by atoms with Crippen LogP contribution in [0.15, 0.2) is 71.8 Å². The van der Waals surface area contributed by atoms with Gasteiger partial charge in [0, 0.05) is 10.9 Å². The Labute approximate surface area is 202 Å². The second kappa shape index (κ2) is 10.6. The fourth-order valence-corrected chi connectivity index (χ4v) is 4.58. The second-order valence-corrected chi connectivity index (χ2v) is 9.10. The number of aromatic nitrogens is 1. The van der Waals surface area contributed by atoms with Gasteiger partial charge in [-0.3, -0.25) is 4.79 Å². The van der Waals surface area contributed by atoms with Crippen molar-refractivity contribution in [2.45, 2.75) is 26.7 Å². The number of carbonyl (C=O) groups excluding carboxylic acids is 1. The van der Waals surface area contributed by atoms with Gasteiger partial charge in [-0.05, 0) is 61.9 Å². The third kappa shape index (κ3) is 5.41. The number of thiophene rings is 1. The predicted octanol–water partition coefficient (Wildman–Crippen LogP) is 6.95. The number of para-hydroxylation sites is 1. The number of nitrogens with zero attached hydrogens (tertiary/aromatic N) is 2. The molecule has 0 atom stereocenters. The first-order chi connectivity index (χ1) is 16.1. The topological polar surface area (TPSA) is 63.6 Å². The van der Waals surface area contributed by atoms with Crippen molar-refractivity contribution in [1.29, 1.82) is 0 Å². The molecule has 4 rings (SSSR count). The summed E-state index contributed by atoms with van der Waals surface area (Å²) in [6, 6.07) is 20.9. The number of halogens is 1. The molecule has 33 heavy (non-hydrogen) atoms. The number of fused-ring (bicyclic) bond motifs is 1. The van der Waals surface area contributed by atoms with Crippen LogP contribution in [-0.4, -0.2) is 23.2 Å².